The van der Waals surface area contributed by atoms with Gasteiger partial charge in [0.15, 0.2) is 5.15 Å². The average Bonchev–Trinajstić information content (AvgIpc) is 2.93. The number of rotatable bonds is 3. The molecule has 0 amide bonds. The van der Waals surface area contributed by atoms with Crippen LogP contribution in [0.15, 0.2) is 41.5 Å². The fraction of sp³-hybridized carbons (Fsp3) is 0.0714. The molecular formula is C14H10Cl2N4O2. The van der Waals surface area contributed by atoms with Gasteiger partial charge in [-0.05, 0) is 18.2 Å². The Hall–Kier alpha value is -2.31. The van der Waals surface area contributed by atoms with Crippen molar-refractivity contribution < 1.29 is 4.74 Å². The maximum Gasteiger partial charge on any atom is 0.248 e. The third-order valence-electron chi connectivity index (χ3n) is 3.07. The van der Waals surface area contributed by atoms with Crippen LogP contribution in [0.5, 0.6) is 5.75 Å². The molecule has 0 radical (unpaired) electrons. The van der Waals surface area contributed by atoms with Crippen LogP contribution in [-0.2, 0) is 0 Å². The van der Waals surface area contributed by atoms with E-state index in [1.54, 1.807) is 24.4 Å². The minimum Gasteiger partial charge on any atom is -0.495 e. The molecule has 0 fully saturated rings. The number of benzene rings is 1. The predicted molar refractivity (Wildman–Crippen MR) is 84.0 cm³/mol. The van der Waals surface area contributed by atoms with Gasteiger partial charge >= 0.3 is 0 Å². The first-order valence-corrected chi connectivity index (χ1v) is 6.99. The molecule has 112 valence electrons. The van der Waals surface area contributed by atoms with Gasteiger partial charge in [0.2, 0.25) is 5.56 Å². The number of aromatic amines is 1. The normalized spacial score (nSPS) is 10.7. The highest BCUT2D eigenvalue weighted by Crippen LogP contribution is 2.34. The van der Waals surface area contributed by atoms with Gasteiger partial charge in [0.25, 0.3) is 0 Å². The Morgan fingerprint density at radius 3 is 2.73 bits per heavy atom. The van der Waals surface area contributed by atoms with Crippen molar-refractivity contribution in [1.29, 1.82) is 0 Å². The van der Waals surface area contributed by atoms with Crippen LogP contribution in [0.2, 0.25) is 10.2 Å². The van der Waals surface area contributed by atoms with E-state index in [2.05, 4.69) is 15.3 Å². The number of aromatic nitrogens is 4. The maximum absolute atomic E-state index is 11.7. The summed E-state index contributed by atoms with van der Waals surface area (Å²) in [6.45, 7) is 0. The SMILES string of the molecule is COc1c[nH]c(=O)cc1-c1cc(Cl)ccc1-n1cc(Cl)nn1. The first kappa shape index (κ1) is 14.6. The maximum atomic E-state index is 11.7. The quantitative estimate of drug-likeness (QED) is 0.798. The number of pyridine rings is 1. The van der Waals surface area contributed by atoms with Crippen molar-refractivity contribution in [3.05, 3.63) is 57.2 Å². The minimum atomic E-state index is -0.252. The van der Waals surface area contributed by atoms with Crippen LogP contribution in [0.1, 0.15) is 0 Å². The monoisotopic (exact) mass is 336 g/mol. The van der Waals surface area contributed by atoms with Gasteiger partial charge in [-0.15, -0.1) is 5.10 Å². The standard InChI is InChI=1S/C14H10Cl2N4O2/c1-22-12-6-17-14(21)5-10(12)9-4-8(15)2-3-11(9)20-7-13(16)18-19-20/h2-7H,1H3,(H,17,21). The summed E-state index contributed by atoms with van der Waals surface area (Å²) in [7, 11) is 1.52. The van der Waals surface area contributed by atoms with Crippen LogP contribution in [0.3, 0.4) is 0 Å². The van der Waals surface area contributed by atoms with Crippen molar-refractivity contribution in [3.63, 3.8) is 0 Å². The van der Waals surface area contributed by atoms with Crippen LogP contribution < -0.4 is 10.3 Å². The van der Waals surface area contributed by atoms with Crippen molar-refractivity contribution in [2.45, 2.75) is 0 Å². The average molecular weight is 337 g/mol. The van der Waals surface area contributed by atoms with Crippen LogP contribution >= 0.6 is 23.2 Å². The van der Waals surface area contributed by atoms with Gasteiger partial charge in [-0.2, -0.15) is 0 Å². The summed E-state index contributed by atoms with van der Waals surface area (Å²) in [4.78, 5) is 14.2. The smallest absolute Gasteiger partial charge is 0.248 e. The molecule has 0 aliphatic carbocycles. The first-order chi connectivity index (χ1) is 10.6. The molecule has 22 heavy (non-hydrogen) atoms. The molecule has 0 saturated carbocycles. The lowest BCUT2D eigenvalue weighted by Gasteiger charge is -2.12. The van der Waals surface area contributed by atoms with Gasteiger partial charge < -0.3 is 9.72 Å². The molecule has 0 bridgehead atoms. The third-order valence-corrected chi connectivity index (χ3v) is 3.48. The highest BCUT2D eigenvalue weighted by Gasteiger charge is 2.14. The van der Waals surface area contributed by atoms with Crippen molar-refractivity contribution in [1.82, 2.24) is 20.0 Å². The summed E-state index contributed by atoms with van der Waals surface area (Å²) in [6, 6.07) is 6.65. The molecule has 0 atom stereocenters. The molecule has 1 N–H and O–H groups in total. The van der Waals surface area contributed by atoms with E-state index in [1.165, 1.54) is 24.1 Å². The molecular weight excluding hydrogens is 327 g/mol. The summed E-state index contributed by atoms with van der Waals surface area (Å²) >= 11 is 11.9. The van der Waals surface area contributed by atoms with E-state index in [1.807, 2.05) is 0 Å². The van der Waals surface area contributed by atoms with Crippen LogP contribution in [0, 0.1) is 0 Å². The third kappa shape index (κ3) is 2.70. The minimum absolute atomic E-state index is 0.252. The van der Waals surface area contributed by atoms with E-state index in [-0.39, 0.29) is 10.7 Å². The molecule has 0 saturated heterocycles. The number of hydrogen-bond donors (Lipinski definition) is 1. The number of nitrogens with one attached hydrogen (secondary N) is 1. The van der Waals surface area contributed by atoms with Crippen molar-refractivity contribution in [2.75, 3.05) is 7.11 Å². The van der Waals surface area contributed by atoms with E-state index in [0.29, 0.717) is 27.6 Å². The van der Waals surface area contributed by atoms with Gasteiger partial charge in [-0.1, -0.05) is 28.4 Å². The highest BCUT2D eigenvalue weighted by atomic mass is 35.5. The number of halogens is 2. The van der Waals surface area contributed by atoms with E-state index in [9.17, 15) is 4.79 Å². The summed E-state index contributed by atoms with van der Waals surface area (Å²) in [5, 5.41) is 8.48. The van der Waals surface area contributed by atoms with E-state index in [4.69, 9.17) is 27.9 Å². The topological polar surface area (TPSA) is 72.8 Å². The summed E-state index contributed by atoms with van der Waals surface area (Å²) < 4.78 is 6.81. The largest absolute Gasteiger partial charge is 0.495 e. The molecule has 6 nitrogen and oxygen atoms in total. The van der Waals surface area contributed by atoms with Gasteiger partial charge in [-0.25, -0.2) is 4.68 Å². The Morgan fingerprint density at radius 2 is 2.05 bits per heavy atom. The zero-order chi connectivity index (χ0) is 15.7. The molecule has 0 spiro atoms. The highest BCUT2D eigenvalue weighted by molar-refractivity contribution is 6.31. The molecule has 0 aliphatic rings. The number of H-pyrrole nitrogens is 1. The fourth-order valence-corrected chi connectivity index (χ4v) is 2.42. The van der Waals surface area contributed by atoms with Gasteiger partial charge in [-0.3, -0.25) is 4.79 Å². The molecule has 3 aromatic rings. The Morgan fingerprint density at radius 1 is 1.23 bits per heavy atom. The Labute approximate surface area is 135 Å². The van der Waals surface area contributed by atoms with Crippen molar-refractivity contribution in [3.8, 4) is 22.6 Å². The van der Waals surface area contributed by atoms with E-state index in [0.717, 1.165) is 0 Å². The van der Waals surface area contributed by atoms with E-state index < -0.39 is 0 Å². The lowest BCUT2D eigenvalue weighted by Crippen LogP contribution is -2.06. The second-order valence-electron chi connectivity index (χ2n) is 4.43. The molecule has 2 heterocycles. The van der Waals surface area contributed by atoms with Crippen LogP contribution in [0.25, 0.3) is 16.8 Å². The molecule has 2 aromatic heterocycles. The Kier molecular flexibility index (Phi) is 3.87. The fourth-order valence-electron chi connectivity index (χ4n) is 2.12. The zero-order valence-electron chi connectivity index (χ0n) is 11.4. The zero-order valence-corrected chi connectivity index (χ0v) is 12.9. The molecule has 1 aromatic carbocycles. The summed E-state index contributed by atoms with van der Waals surface area (Å²) in [5.41, 5.74) is 1.69. The molecule has 0 aliphatic heterocycles. The lowest BCUT2D eigenvalue weighted by atomic mass is 10.0. The van der Waals surface area contributed by atoms with Crippen molar-refractivity contribution >= 4 is 23.2 Å². The molecule has 8 heteroatoms. The molecule has 3 rings (SSSR count). The van der Waals surface area contributed by atoms with Gasteiger partial charge in [0.1, 0.15) is 5.75 Å². The second kappa shape index (κ2) is 5.82. The summed E-state index contributed by atoms with van der Waals surface area (Å²) in [6.07, 6.45) is 3.06. The number of methoxy groups -OCH3 is 1. The second-order valence-corrected chi connectivity index (χ2v) is 5.25. The predicted octanol–water partition coefficient (Wildman–Crippen LogP) is 2.94. The molecule has 0 unspecified atom stereocenters. The van der Waals surface area contributed by atoms with E-state index >= 15 is 0 Å². The summed E-state index contributed by atoms with van der Waals surface area (Å²) in [5.74, 6) is 0.509. The number of hydrogen-bond acceptors (Lipinski definition) is 4. The van der Waals surface area contributed by atoms with Gasteiger partial charge in [0.05, 0.1) is 19.0 Å². The number of nitrogens with zero attached hydrogens (tertiary/aromatic N) is 3. The Balaban J connectivity index is 2.29. The van der Waals surface area contributed by atoms with Gasteiger partial charge in [0, 0.05) is 28.4 Å². The van der Waals surface area contributed by atoms with Crippen LogP contribution in [-0.4, -0.2) is 27.1 Å². The lowest BCUT2D eigenvalue weighted by molar-refractivity contribution is 0.414. The van der Waals surface area contributed by atoms with Crippen LogP contribution in [0.4, 0.5) is 0 Å². The van der Waals surface area contributed by atoms with Crippen molar-refractivity contribution in [2.24, 2.45) is 0 Å². The Bertz CT molecular complexity index is 889. The first-order valence-electron chi connectivity index (χ1n) is 6.23. The number of ether oxygens (including phenoxy) is 1.